The van der Waals surface area contributed by atoms with E-state index in [0.29, 0.717) is 0 Å². The molecule has 0 saturated heterocycles. The van der Waals surface area contributed by atoms with Crippen molar-refractivity contribution in [3.63, 3.8) is 0 Å². The molecule has 0 aliphatic heterocycles. The maximum absolute atomic E-state index is 5.96. The van der Waals surface area contributed by atoms with Gasteiger partial charge in [0.25, 0.3) is 0 Å². The Morgan fingerprint density at radius 2 is 1.61 bits per heavy atom. The van der Waals surface area contributed by atoms with E-state index >= 15 is 0 Å². The minimum absolute atomic E-state index is 0.101. The van der Waals surface area contributed by atoms with Crippen molar-refractivity contribution in [2.45, 2.75) is 59.4 Å². The Labute approximate surface area is 112 Å². The average molecular weight is 248 g/mol. The van der Waals surface area contributed by atoms with Gasteiger partial charge < -0.3 is 10.6 Å². The van der Waals surface area contributed by atoms with Gasteiger partial charge in [0.2, 0.25) is 0 Å². The highest BCUT2D eigenvalue weighted by Crippen LogP contribution is 2.36. The van der Waals surface area contributed by atoms with Crippen LogP contribution in [0.1, 0.15) is 54.0 Å². The lowest BCUT2D eigenvalue weighted by atomic mass is 9.84. The predicted octanol–water partition coefficient (Wildman–Crippen LogP) is 4.19. The summed E-state index contributed by atoms with van der Waals surface area (Å²) >= 11 is 0. The van der Waals surface area contributed by atoms with Crippen molar-refractivity contribution in [3.05, 3.63) is 23.8 Å². The van der Waals surface area contributed by atoms with Crippen LogP contribution >= 0.6 is 0 Å². The van der Waals surface area contributed by atoms with E-state index in [9.17, 15) is 0 Å². The second-order valence-electron chi connectivity index (χ2n) is 6.94. The van der Waals surface area contributed by atoms with E-state index in [1.807, 2.05) is 6.07 Å². The second kappa shape index (κ2) is 4.83. The molecule has 0 aliphatic rings. The SMILES string of the molecule is CCN(c1ccc(N)cc1C(C)(C)C)C(C)(C)C. The van der Waals surface area contributed by atoms with E-state index in [0.717, 1.165) is 12.2 Å². The van der Waals surface area contributed by atoms with E-state index in [4.69, 9.17) is 5.73 Å². The topological polar surface area (TPSA) is 29.3 Å². The normalized spacial score (nSPS) is 12.6. The van der Waals surface area contributed by atoms with Crippen molar-refractivity contribution < 1.29 is 0 Å². The lowest BCUT2D eigenvalue weighted by molar-refractivity contribution is 0.503. The number of hydrogen-bond donors (Lipinski definition) is 1. The number of rotatable bonds is 2. The lowest BCUT2D eigenvalue weighted by Gasteiger charge is -2.40. The zero-order valence-electron chi connectivity index (χ0n) is 13.0. The van der Waals surface area contributed by atoms with Crippen molar-refractivity contribution in [2.75, 3.05) is 17.2 Å². The summed E-state index contributed by atoms with van der Waals surface area (Å²) in [6, 6.07) is 6.27. The van der Waals surface area contributed by atoms with Gasteiger partial charge in [0.05, 0.1) is 0 Å². The summed E-state index contributed by atoms with van der Waals surface area (Å²) in [4.78, 5) is 2.44. The predicted molar refractivity (Wildman–Crippen MR) is 82.3 cm³/mol. The molecule has 0 spiro atoms. The summed E-state index contributed by atoms with van der Waals surface area (Å²) in [5.74, 6) is 0. The first-order valence-electron chi connectivity index (χ1n) is 6.75. The highest BCUT2D eigenvalue weighted by Gasteiger charge is 2.26. The van der Waals surface area contributed by atoms with Crippen molar-refractivity contribution in [1.82, 2.24) is 0 Å². The van der Waals surface area contributed by atoms with Crippen LogP contribution in [0.3, 0.4) is 0 Å². The Morgan fingerprint density at radius 3 is 2.00 bits per heavy atom. The van der Waals surface area contributed by atoms with E-state index < -0.39 is 0 Å². The maximum atomic E-state index is 5.96. The van der Waals surface area contributed by atoms with Crippen molar-refractivity contribution in [1.29, 1.82) is 0 Å². The second-order valence-corrected chi connectivity index (χ2v) is 6.94. The molecule has 0 atom stereocenters. The minimum Gasteiger partial charge on any atom is -0.399 e. The molecule has 0 aliphatic carbocycles. The fourth-order valence-electron chi connectivity index (χ4n) is 2.40. The molecule has 0 unspecified atom stereocenters. The lowest BCUT2D eigenvalue weighted by Crippen LogP contribution is -2.42. The Morgan fingerprint density at radius 1 is 1.06 bits per heavy atom. The summed E-state index contributed by atoms with van der Waals surface area (Å²) in [5.41, 5.74) is 9.63. The summed E-state index contributed by atoms with van der Waals surface area (Å²) in [5, 5.41) is 0. The fourth-order valence-corrected chi connectivity index (χ4v) is 2.40. The first kappa shape index (κ1) is 14.9. The van der Waals surface area contributed by atoms with Crippen LogP contribution in [-0.4, -0.2) is 12.1 Å². The largest absolute Gasteiger partial charge is 0.399 e. The molecule has 1 aromatic rings. The zero-order valence-corrected chi connectivity index (χ0v) is 13.0. The number of benzene rings is 1. The highest BCUT2D eigenvalue weighted by molar-refractivity contribution is 5.63. The fraction of sp³-hybridized carbons (Fsp3) is 0.625. The third-order valence-electron chi connectivity index (χ3n) is 3.25. The molecule has 2 N–H and O–H groups in total. The molecule has 18 heavy (non-hydrogen) atoms. The van der Waals surface area contributed by atoms with Gasteiger partial charge in [-0.25, -0.2) is 0 Å². The number of anilines is 2. The van der Waals surface area contributed by atoms with Gasteiger partial charge >= 0.3 is 0 Å². The molecule has 0 saturated carbocycles. The molecule has 0 amide bonds. The first-order chi connectivity index (χ1) is 8.07. The Hall–Kier alpha value is -1.18. The van der Waals surface area contributed by atoms with Gasteiger partial charge in [0.15, 0.2) is 0 Å². The summed E-state index contributed by atoms with van der Waals surface area (Å²) in [6.45, 7) is 16.7. The molecule has 1 rings (SSSR count). The third kappa shape index (κ3) is 3.18. The van der Waals surface area contributed by atoms with Crippen LogP contribution in [0, 0.1) is 0 Å². The van der Waals surface area contributed by atoms with Crippen molar-refractivity contribution in [2.24, 2.45) is 0 Å². The summed E-state index contributed by atoms with van der Waals surface area (Å²) in [6.07, 6.45) is 0. The van der Waals surface area contributed by atoms with Gasteiger partial charge in [-0.2, -0.15) is 0 Å². The Balaban J connectivity index is 3.40. The first-order valence-corrected chi connectivity index (χ1v) is 6.75. The molecule has 0 radical (unpaired) electrons. The van der Waals surface area contributed by atoms with Crippen molar-refractivity contribution >= 4 is 11.4 Å². The molecular formula is C16H28N2. The number of nitrogens with zero attached hydrogens (tertiary/aromatic N) is 1. The molecular weight excluding hydrogens is 220 g/mol. The molecule has 102 valence electrons. The minimum atomic E-state index is 0.101. The summed E-state index contributed by atoms with van der Waals surface area (Å²) in [7, 11) is 0. The molecule has 1 aromatic carbocycles. The van der Waals surface area contributed by atoms with Gasteiger partial charge in [-0.15, -0.1) is 0 Å². The van der Waals surface area contributed by atoms with E-state index in [1.54, 1.807) is 0 Å². The number of nitrogens with two attached hydrogens (primary N) is 1. The molecule has 0 aromatic heterocycles. The van der Waals surface area contributed by atoms with Crippen LogP contribution < -0.4 is 10.6 Å². The quantitative estimate of drug-likeness (QED) is 0.795. The molecule has 2 nitrogen and oxygen atoms in total. The van der Waals surface area contributed by atoms with Crippen molar-refractivity contribution in [3.8, 4) is 0 Å². The van der Waals surface area contributed by atoms with E-state index in [2.05, 4.69) is 65.5 Å². The van der Waals surface area contributed by atoms with Gasteiger partial charge in [-0.05, 0) is 56.9 Å². The molecule has 2 heteroatoms. The van der Waals surface area contributed by atoms with Crippen LogP contribution in [0.4, 0.5) is 11.4 Å². The van der Waals surface area contributed by atoms with Gasteiger partial charge in [-0.3, -0.25) is 0 Å². The van der Waals surface area contributed by atoms with Crippen LogP contribution in [0.5, 0.6) is 0 Å². The maximum Gasteiger partial charge on any atom is 0.0409 e. The van der Waals surface area contributed by atoms with Gasteiger partial charge in [0.1, 0.15) is 0 Å². The monoisotopic (exact) mass is 248 g/mol. The standard InChI is InChI=1S/C16H28N2/c1-8-18(16(5,6)7)14-10-9-12(17)11-13(14)15(2,3)4/h9-11H,8,17H2,1-7H3. The summed E-state index contributed by atoms with van der Waals surface area (Å²) < 4.78 is 0. The third-order valence-corrected chi connectivity index (χ3v) is 3.25. The Kier molecular flexibility index (Phi) is 3.99. The zero-order chi connectivity index (χ0) is 14.1. The Bertz CT molecular complexity index is 408. The molecule has 0 fully saturated rings. The molecule has 0 bridgehead atoms. The highest BCUT2D eigenvalue weighted by atomic mass is 15.2. The average Bonchev–Trinajstić information content (AvgIpc) is 2.17. The van der Waals surface area contributed by atoms with Gasteiger partial charge in [0, 0.05) is 23.5 Å². The number of nitrogen functional groups attached to an aromatic ring is 1. The van der Waals surface area contributed by atoms with E-state index in [1.165, 1.54) is 11.3 Å². The van der Waals surface area contributed by atoms with Crippen LogP contribution in [0.15, 0.2) is 18.2 Å². The van der Waals surface area contributed by atoms with Crippen LogP contribution in [0.2, 0.25) is 0 Å². The molecule has 0 heterocycles. The van der Waals surface area contributed by atoms with Crippen LogP contribution in [-0.2, 0) is 5.41 Å². The smallest absolute Gasteiger partial charge is 0.0409 e. The van der Waals surface area contributed by atoms with Crippen LogP contribution in [0.25, 0.3) is 0 Å². The van der Waals surface area contributed by atoms with Gasteiger partial charge in [-0.1, -0.05) is 20.8 Å². The van der Waals surface area contributed by atoms with E-state index in [-0.39, 0.29) is 11.0 Å². The number of hydrogen-bond acceptors (Lipinski definition) is 2.